The van der Waals surface area contributed by atoms with Gasteiger partial charge >= 0.3 is 0 Å². The van der Waals surface area contributed by atoms with E-state index >= 15 is 0 Å². The van der Waals surface area contributed by atoms with Gasteiger partial charge in [-0.25, -0.2) is 4.39 Å². The summed E-state index contributed by atoms with van der Waals surface area (Å²) in [5.74, 6) is -0.130. The smallest absolute Gasteiger partial charge is 0.165 e. The Morgan fingerprint density at radius 3 is 2.86 bits per heavy atom. The summed E-state index contributed by atoms with van der Waals surface area (Å²) in [6, 6.07) is 12.8. The number of halogens is 1. The first-order valence-electron chi connectivity index (χ1n) is 7.00. The van der Waals surface area contributed by atoms with Crippen LogP contribution in [0.2, 0.25) is 0 Å². The molecule has 2 N–H and O–H groups in total. The van der Waals surface area contributed by atoms with E-state index in [0.717, 1.165) is 11.1 Å². The van der Waals surface area contributed by atoms with Crippen molar-refractivity contribution in [1.29, 1.82) is 0 Å². The summed E-state index contributed by atoms with van der Waals surface area (Å²) in [6.45, 7) is 0.497. The molecule has 0 aliphatic heterocycles. The van der Waals surface area contributed by atoms with Crippen molar-refractivity contribution in [2.24, 2.45) is 0 Å². The second-order valence-corrected chi connectivity index (χ2v) is 5.30. The van der Waals surface area contributed by atoms with E-state index in [4.69, 9.17) is 4.74 Å². The lowest BCUT2D eigenvalue weighted by Crippen LogP contribution is -2.28. The average Bonchev–Trinajstić information content (AvgIpc) is 2.81. The topological polar surface area (TPSA) is 41.5 Å². The number of rotatable bonds is 4. The predicted octanol–water partition coefficient (Wildman–Crippen LogP) is 2.58. The summed E-state index contributed by atoms with van der Waals surface area (Å²) in [5, 5.41) is 13.5. The van der Waals surface area contributed by atoms with Gasteiger partial charge in [0, 0.05) is 13.0 Å². The van der Waals surface area contributed by atoms with Crippen molar-refractivity contribution in [2.75, 3.05) is 7.11 Å². The van der Waals surface area contributed by atoms with Gasteiger partial charge in [-0.05, 0) is 28.8 Å². The van der Waals surface area contributed by atoms with Crippen molar-refractivity contribution < 1.29 is 14.2 Å². The lowest BCUT2D eigenvalue weighted by Gasteiger charge is -2.18. The van der Waals surface area contributed by atoms with Gasteiger partial charge < -0.3 is 15.2 Å². The van der Waals surface area contributed by atoms with Crippen molar-refractivity contribution >= 4 is 0 Å². The molecule has 0 bridgehead atoms. The second-order valence-electron chi connectivity index (χ2n) is 5.30. The lowest BCUT2D eigenvalue weighted by molar-refractivity contribution is 0.140. The van der Waals surface area contributed by atoms with E-state index in [2.05, 4.69) is 5.32 Å². The number of hydrogen-bond donors (Lipinski definition) is 2. The van der Waals surface area contributed by atoms with Crippen LogP contribution in [-0.2, 0) is 13.0 Å². The van der Waals surface area contributed by atoms with Gasteiger partial charge in [-0.1, -0.05) is 30.3 Å². The highest BCUT2D eigenvalue weighted by Gasteiger charge is 2.30. The Kier molecular flexibility index (Phi) is 3.90. The van der Waals surface area contributed by atoms with E-state index in [-0.39, 0.29) is 17.6 Å². The number of aliphatic hydroxyl groups is 1. The Hall–Kier alpha value is -1.91. The van der Waals surface area contributed by atoms with E-state index in [0.29, 0.717) is 13.0 Å². The van der Waals surface area contributed by atoms with E-state index in [9.17, 15) is 9.50 Å². The van der Waals surface area contributed by atoms with E-state index in [1.165, 1.54) is 18.7 Å². The molecule has 21 heavy (non-hydrogen) atoms. The first-order valence-corrected chi connectivity index (χ1v) is 7.00. The number of aliphatic hydroxyl groups excluding tert-OH is 1. The third-order valence-corrected chi connectivity index (χ3v) is 3.95. The SMILES string of the molecule is COc1ccc(CNC2c3ccccc3CC2O)cc1F. The molecule has 0 amide bonds. The fraction of sp³-hybridized carbons (Fsp3) is 0.294. The minimum Gasteiger partial charge on any atom is -0.494 e. The zero-order valence-electron chi connectivity index (χ0n) is 11.8. The summed E-state index contributed by atoms with van der Waals surface area (Å²) in [7, 11) is 1.45. The van der Waals surface area contributed by atoms with Crippen molar-refractivity contribution in [1.82, 2.24) is 5.32 Å². The molecule has 0 aromatic heterocycles. The molecule has 0 saturated carbocycles. The Bertz CT molecular complexity index is 644. The Morgan fingerprint density at radius 1 is 1.29 bits per heavy atom. The Labute approximate surface area is 123 Å². The van der Waals surface area contributed by atoms with Crippen LogP contribution in [0.15, 0.2) is 42.5 Å². The third kappa shape index (κ3) is 2.77. The first kappa shape index (κ1) is 14.0. The van der Waals surface area contributed by atoms with Gasteiger partial charge in [0.15, 0.2) is 11.6 Å². The van der Waals surface area contributed by atoms with E-state index in [1.807, 2.05) is 30.3 Å². The van der Waals surface area contributed by atoms with Crippen LogP contribution in [0, 0.1) is 5.82 Å². The van der Waals surface area contributed by atoms with Gasteiger partial charge in [-0.2, -0.15) is 0 Å². The van der Waals surface area contributed by atoms with Crippen LogP contribution in [0.4, 0.5) is 4.39 Å². The molecule has 3 rings (SSSR count). The number of methoxy groups -OCH3 is 1. The van der Waals surface area contributed by atoms with Gasteiger partial charge in [0.25, 0.3) is 0 Å². The second kappa shape index (κ2) is 5.84. The normalized spacial score (nSPS) is 20.3. The fourth-order valence-corrected chi connectivity index (χ4v) is 2.87. The molecule has 4 heteroatoms. The van der Waals surface area contributed by atoms with Crippen LogP contribution in [0.5, 0.6) is 5.75 Å². The highest BCUT2D eigenvalue weighted by atomic mass is 19.1. The van der Waals surface area contributed by atoms with E-state index < -0.39 is 6.10 Å². The summed E-state index contributed by atoms with van der Waals surface area (Å²) in [6.07, 6.45) is 0.218. The van der Waals surface area contributed by atoms with Crippen molar-refractivity contribution in [3.63, 3.8) is 0 Å². The summed E-state index contributed by atoms with van der Waals surface area (Å²) in [5.41, 5.74) is 3.12. The van der Waals surface area contributed by atoms with Crippen molar-refractivity contribution in [3.8, 4) is 5.75 Å². The van der Waals surface area contributed by atoms with Gasteiger partial charge in [0.1, 0.15) is 0 Å². The van der Waals surface area contributed by atoms with E-state index in [1.54, 1.807) is 6.07 Å². The minimum absolute atomic E-state index is 0.105. The molecule has 0 fully saturated rings. The molecule has 0 radical (unpaired) electrons. The van der Waals surface area contributed by atoms with Crippen LogP contribution in [0.3, 0.4) is 0 Å². The van der Waals surface area contributed by atoms with Crippen molar-refractivity contribution in [2.45, 2.75) is 25.1 Å². The van der Waals surface area contributed by atoms with Gasteiger partial charge in [-0.3, -0.25) is 0 Å². The monoisotopic (exact) mass is 287 g/mol. The molecular formula is C17H18FNO2. The van der Waals surface area contributed by atoms with Gasteiger partial charge in [0.05, 0.1) is 19.3 Å². The molecular weight excluding hydrogens is 269 g/mol. The minimum atomic E-state index is -0.439. The lowest BCUT2D eigenvalue weighted by atomic mass is 10.1. The number of hydrogen-bond acceptors (Lipinski definition) is 3. The Morgan fingerprint density at radius 2 is 2.10 bits per heavy atom. The van der Waals surface area contributed by atoms with Gasteiger partial charge in [-0.15, -0.1) is 0 Å². The maximum atomic E-state index is 13.7. The highest BCUT2D eigenvalue weighted by molar-refractivity contribution is 5.36. The molecule has 3 nitrogen and oxygen atoms in total. The Balaban J connectivity index is 1.72. The van der Waals surface area contributed by atoms with Crippen molar-refractivity contribution in [3.05, 3.63) is 65.0 Å². The highest BCUT2D eigenvalue weighted by Crippen LogP contribution is 2.31. The molecule has 110 valence electrons. The maximum absolute atomic E-state index is 13.7. The average molecular weight is 287 g/mol. The quantitative estimate of drug-likeness (QED) is 0.908. The largest absolute Gasteiger partial charge is 0.494 e. The third-order valence-electron chi connectivity index (χ3n) is 3.95. The number of ether oxygens (including phenoxy) is 1. The summed E-state index contributed by atoms with van der Waals surface area (Å²) >= 11 is 0. The van der Waals surface area contributed by atoms with Crippen LogP contribution < -0.4 is 10.1 Å². The predicted molar refractivity (Wildman–Crippen MR) is 78.7 cm³/mol. The zero-order valence-corrected chi connectivity index (χ0v) is 11.8. The molecule has 0 heterocycles. The van der Waals surface area contributed by atoms with Crippen LogP contribution in [0.1, 0.15) is 22.7 Å². The number of benzene rings is 2. The molecule has 0 spiro atoms. The fourth-order valence-electron chi connectivity index (χ4n) is 2.87. The molecule has 1 aliphatic rings. The molecule has 2 aromatic rings. The molecule has 1 aliphatic carbocycles. The van der Waals surface area contributed by atoms with Crippen LogP contribution in [-0.4, -0.2) is 18.3 Å². The zero-order chi connectivity index (χ0) is 14.8. The maximum Gasteiger partial charge on any atom is 0.165 e. The standard InChI is InChI=1S/C17H18FNO2/c1-21-16-7-6-11(8-14(16)18)10-19-17-13-5-3-2-4-12(13)9-15(17)20/h2-8,15,17,19-20H,9-10H2,1H3. The number of fused-ring (bicyclic) bond motifs is 1. The number of nitrogens with one attached hydrogen (secondary N) is 1. The van der Waals surface area contributed by atoms with Gasteiger partial charge in [0.2, 0.25) is 0 Å². The first-order chi connectivity index (χ1) is 10.2. The molecule has 2 atom stereocenters. The summed E-state index contributed by atoms with van der Waals surface area (Å²) in [4.78, 5) is 0. The van der Waals surface area contributed by atoms with Crippen LogP contribution >= 0.6 is 0 Å². The molecule has 2 unspecified atom stereocenters. The molecule has 2 aromatic carbocycles. The summed E-state index contributed by atoms with van der Waals surface area (Å²) < 4.78 is 18.6. The van der Waals surface area contributed by atoms with Crippen LogP contribution in [0.25, 0.3) is 0 Å². The molecule has 0 saturated heterocycles.